The fraction of sp³-hybridized carbons (Fsp3) is 0. The summed E-state index contributed by atoms with van der Waals surface area (Å²) in [5, 5.41) is 15.2. The van der Waals surface area contributed by atoms with Crippen LogP contribution >= 0.6 is 0 Å². The summed E-state index contributed by atoms with van der Waals surface area (Å²) in [6.45, 7) is 0. The molecule has 2 heterocycles. The Labute approximate surface area is 351 Å². The van der Waals surface area contributed by atoms with Crippen molar-refractivity contribution in [3.8, 4) is 61.3 Å². The van der Waals surface area contributed by atoms with E-state index in [1.165, 1.54) is 120 Å². The topological polar surface area (TPSA) is 17.8 Å². The molecule has 1 aliphatic carbocycles. The largest absolute Gasteiger partial charge is 0.293 e. The Balaban J connectivity index is 0.993. The third-order valence-electron chi connectivity index (χ3n) is 13.5. The SMILES string of the molecule is c1ccc(-c2c3c(c(-c4ccccc4)c4ccccc24)-c2ccc(-c4ccc(-n5c6ncccc6c6cc7ccc8cccc9ccc(c7c89)c65)cc4)c4cccc-3c24)cc1. The summed E-state index contributed by atoms with van der Waals surface area (Å²) in [6, 6.07) is 74.1. The van der Waals surface area contributed by atoms with Crippen LogP contribution in [-0.2, 0) is 0 Å². The average Bonchev–Trinajstić information content (AvgIpc) is 3.84. The van der Waals surface area contributed by atoms with Crippen molar-refractivity contribution in [2.24, 2.45) is 0 Å². The van der Waals surface area contributed by atoms with Crippen LogP contribution in [0.5, 0.6) is 0 Å². The van der Waals surface area contributed by atoms with E-state index in [0.29, 0.717) is 0 Å². The fourth-order valence-electron chi connectivity index (χ4n) is 11.0. The van der Waals surface area contributed by atoms with Crippen LogP contribution in [0.4, 0.5) is 0 Å². The van der Waals surface area contributed by atoms with E-state index >= 15 is 0 Å². The van der Waals surface area contributed by atoms with Crippen molar-refractivity contribution in [3.05, 3.63) is 206 Å². The predicted molar refractivity (Wildman–Crippen MR) is 258 cm³/mol. The number of hydrogen-bond donors (Lipinski definition) is 0. The van der Waals surface area contributed by atoms with Gasteiger partial charge in [0.25, 0.3) is 0 Å². The predicted octanol–water partition coefficient (Wildman–Crippen LogP) is 16.0. The third-order valence-corrected chi connectivity index (χ3v) is 13.5. The number of rotatable bonds is 4. The molecule has 11 aromatic carbocycles. The van der Waals surface area contributed by atoms with E-state index in [4.69, 9.17) is 4.98 Å². The molecule has 13 aromatic rings. The maximum absolute atomic E-state index is 5.02. The van der Waals surface area contributed by atoms with Gasteiger partial charge in [0.2, 0.25) is 0 Å². The van der Waals surface area contributed by atoms with Gasteiger partial charge in [-0.25, -0.2) is 4.98 Å². The third kappa shape index (κ3) is 4.43. The highest BCUT2D eigenvalue weighted by atomic mass is 15.0. The van der Waals surface area contributed by atoms with E-state index in [1.807, 2.05) is 6.20 Å². The van der Waals surface area contributed by atoms with Gasteiger partial charge in [0.05, 0.1) is 5.52 Å². The van der Waals surface area contributed by atoms with Crippen molar-refractivity contribution >= 4 is 75.8 Å². The molecular formula is C59H34N2. The number of hydrogen-bond acceptors (Lipinski definition) is 1. The molecule has 0 N–H and O–H groups in total. The molecule has 2 nitrogen and oxygen atoms in total. The summed E-state index contributed by atoms with van der Waals surface area (Å²) >= 11 is 0. The Bertz CT molecular complexity index is 3840. The zero-order valence-electron chi connectivity index (χ0n) is 33.0. The standard InChI is InChI=1S/C59H34N2/c1-3-12-36(13-4-1)52-44-18-7-8-19-45(44)53(37-14-5-2-6-15-37)57-48-32-31-42(43-20-10-21-47(55(43)48)56(52)57)35-25-28-41(29-26-35)61-58-49-30-27-39-17-9-16-38-23-24-40(54(49)51(38)39)34-50(58)46-22-11-33-60-59(46)61/h1-34H. The zero-order valence-corrected chi connectivity index (χ0v) is 33.0. The van der Waals surface area contributed by atoms with Crippen molar-refractivity contribution < 1.29 is 0 Å². The lowest BCUT2D eigenvalue weighted by molar-refractivity contribution is 1.14. The first kappa shape index (κ1) is 32.8. The molecule has 280 valence electrons. The minimum Gasteiger partial charge on any atom is -0.293 e. The maximum atomic E-state index is 5.02. The molecule has 2 heteroatoms. The second-order valence-corrected chi connectivity index (χ2v) is 16.6. The van der Waals surface area contributed by atoms with Crippen molar-refractivity contribution in [3.63, 3.8) is 0 Å². The number of benzene rings is 11. The Morgan fingerprint density at radius 1 is 0.311 bits per heavy atom. The van der Waals surface area contributed by atoms with Gasteiger partial charge in [-0.05, 0) is 134 Å². The lowest BCUT2D eigenvalue weighted by Gasteiger charge is -2.20. The zero-order chi connectivity index (χ0) is 39.8. The van der Waals surface area contributed by atoms with Crippen LogP contribution in [0.15, 0.2) is 206 Å². The Hall–Kier alpha value is -8.07. The van der Waals surface area contributed by atoms with E-state index in [-0.39, 0.29) is 0 Å². The van der Waals surface area contributed by atoms with E-state index in [9.17, 15) is 0 Å². The second-order valence-electron chi connectivity index (χ2n) is 16.6. The molecule has 0 aliphatic heterocycles. The van der Waals surface area contributed by atoms with Crippen molar-refractivity contribution in [2.75, 3.05) is 0 Å². The Morgan fingerprint density at radius 2 is 0.902 bits per heavy atom. The molecule has 0 bridgehead atoms. The average molecular weight is 771 g/mol. The maximum Gasteiger partial charge on any atom is 0.145 e. The first-order chi connectivity index (χ1) is 30.3. The van der Waals surface area contributed by atoms with E-state index in [0.717, 1.165) is 16.7 Å². The van der Waals surface area contributed by atoms with Gasteiger partial charge < -0.3 is 0 Å². The van der Waals surface area contributed by atoms with Crippen LogP contribution in [0.1, 0.15) is 0 Å². The summed E-state index contributed by atoms with van der Waals surface area (Å²) < 4.78 is 2.38. The van der Waals surface area contributed by atoms with Crippen LogP contribution < -0.4 is 0 Å². The molecule has 0 amide bonds. The van der Waals surface area contributed by atoms with Gasteiger partial charge in [-0.15, -0.1) is 0 Å². The molecular weight excluding hydrogens is 737 g/mol. The Kier molecular flexibility index (Phi) is 6.59. The van der Waals surface area contributed by atoms with Gasteiger partial charge in [-0.1, -0.05) is 170 Å². The first-order valence-electron chi connectivity index (χ1n) is 21.1. The number of nitrogens with zero attached hydrogens (tertiary/aromatic N) is 2. The van der Waals surface area contributed by atoms with Gasteiger partial charge in [0, 0.05) is 28.0 Å². The Morgan fingerprint density at radius 3 is 1.62 bits per heavy atom. The smallest absolute Gasteiger partial charge is 0.145 e. The molecule has 0 saturated heterocycles. The summed E-state index contributed by atoms with van der Waals surface area (Å²) in [5.41, 5.74) is 16.0. The summed E-state index contributed by atoms with van der Waals surface area (Å²) in [7, 11) is 0. The van der Waals surface area contributed by atoms with Crippen LogP contribution in [0.2, 0.25) is 0 Å². The van der Waals surface area contributed by atoms with Gasteiger partial charge in [-0.2, -0.15) is 0 Å². The summed E-state index contributed by atoms with van der Waals surface area (Å²) in [5.74, 6) is 0. The lowest BCUT2D eigenvalue weighted by atomic mass is 9.82. The van der Waals surface area contributed by atoms with Crippen molar-refractivity contribution in [1.29, 1.82) is 0 Å². The first-order valence-corrected chi connectivity index (χ1v) is 21.1. The molecule has 14 rings (SSSR count). The quantitative estimate of drug-likeness (QED) is 0.163. The molecule has 0 atom stereocenters. The molecule has 0 fully saturated rings. The van der Waals surface area contributed by atoms with Crippen molar-refractivity contribution in [1.82, 2.24) is 9.55 Å². The summed E-state index contributed by atoms with van der Waals surface area (Å²) in [6.07, 6.45) is 1.92. The number of aromatic nitrogens is 2. The normalized spacial score (nSPS) is 12.3. The van der Waals surface area contributed by atoms with E-state index in [1.54, 1.807) is 0 Å². The molecule has 1 aliphatic rings. The lowest BCUT2D eigenvalue weighted by Crippen LogP contribution is -1.96. The molecule has 0 saturated carbocycles. The molecule has 0 spiro atoms. The monoisotopic (exact) mass is 770 g/mol. The van der Waals surface area contributed by atoms with Crippen LogP contribution in [0, 0.1) is 0 Å². The molecule has 0 unspecified atom stereocenters. The fourth-order valence-corrected chi connectivity index (χ4v) is 11.0. The van der Waals surface area contributed by atoms with Gasteiger partial charge >= 0.3 is 0 Å². The minimum atomic E-state index is 0.972. The van der Waals surface area contributed by atoms with Crippen molar-refractivity contribution in [2.45, 2.75) is 0 Å². The van der Waals surface area contributed by atoms with Crippen LogP contribution in [0.3, 0.4) is 0 Å². The number of pyridine rings is 1. The molecule has 0 radical (unpaired) electrons. The van der Waals surface area contributed by atoms with Gasteiger partial charge in [-0.3, -0.25) is 4.57 Å². The summed E-state index contributed by atoms with van der Waals surface area (Å²) in [4.78, 5) is 5.02. The highest BCUT2D eigenvalue weighted by Gasteiger charge is 2.31. The number of fused-ring (bicyclic) bond motifs is 8. The second kappa shape index (κ2) is 12.2. The van der Waals surface area contributed by atoms with Gasteiger partial charge in [0.1, 0.15) is 5.65 Å². The van der Waals surface area contributed by atoms with Gasteiger partial charge in [0.15, 0.2) is 0 Å². The molecule has 2 aromatic heterocycles. The van der Waals surface area contributed by atoms with Crippen LogP contribution in [-0.4, -0.2) is 9.55 Å². The minimum absolute atomic E-state index is 0.972. The highest BCUT2D eigenvalue weighted by molar-refractivity contribution is 6.32. The molecule has 61 heavy (non-hydrogen) atoms. The van der Waals surface area contributed by atoms with E-state index < -0.39 is 0 Å². The van der Waals surface area contributed by atoms with Crippen LogP contribution in [0.25, 0.3) is 137 Å². The highest BCUT2D eigenvalue weighted by Crippen LogP contribution is 2.58. The van der Waals surface area contributed by atoms with E-state index in [2.05, 4.69) is 205 Å².